The van der Waals surface area contributed by atoms with E-state index >= 15 is 0 Å². The Balaban J connectivity index is 1.68. The van der Waals surface area contributed by atoms with Crippen LogP contribution in [0.1, 0.15) is 5.56 Å². The van der Waals surface area contributed by atoms with Crippen molar-refractivity contribution in [1.82, 2.24) is 15.3 Å². The molecule has 1 N–H and O–H groups in total. The van der Waals surface area contributed by atoms with E-state index in [9.17, 15) is 4.79 Å². The molecule has 1 aromatic heterocycles. The molecule has 1 amide bonds. The summed E-state index contributed by atoms with van der Waals surface area (Å²) in [5.74, 6) is 0.587. The van der Waals surface area contributed by atoms with Crippen LogP contribution in [0.3, 0.4) is 0 Å². The Morgan fingerprint density at radius 3 is 2.62 bits per heavy atom. The van der Waals surface area contributed by atoms with Crippen molar-refractivity contribution in [2.75, 3.05) is 19.0 Å². The van der Waals surface area contributed by atoms with Crippen molar-refractivity contribution in [3.63, 3.8) is 0 Å². The van der Waals surface area contributed by atoms with Crippen molar-refractivity contribution in [3.05, 3.63) is 63.2 Å². The lowest BCUT2D eigenvalue weighted by molar-refractivity contribution is -0.115. The van der Waals surface area contributed by atoms with Crippen LogP contribution in [-0.2, 0) is 4.79 Å². The predicted octanol–water partition coefficient (Wildman–Crippen LogP) is 4.89. The van der Waals surface area contributed by atoms with Gasteiger partial charge in [0.1, 0.15) is 17.8 Å². The summed E-state index contributed by atoms with van der Waals surface area (Å²) >= 11 is 13.6. The number of amides is 1. The third kappa shape index (κ3) is 4.07. The van der Waals surface area contributed by atoms with Crippen molar-refractivity contribution in [3.8, 4) is 0 Å². The second kappa shape index (κ2) is 8.02. The fraction of sp³-hybridized carbons (Fsp3) is 0.100. The number of amidine groups is 1. The normalized spacial score (nSPS) is 16.6. The van der Waals surface area contributed by atoms with E-state index in [2.05, 4.69) is 20.3 Å². The number of fused-ring (bicyclic) bond motifs is 1. The van der Waals surface area contributed by atoms with E-state index in [-0.39, 0.29) is 5.91 Å². The van der Waals surface area contributed by atoms with Gasteiger partial charge in [-0.3, -0.25) is 4.79 Å². The van der Waals surface area contributed by atoms with Crippen LogP contribution in [0.5, 0.6) is 0 Å². The van der Waals surface area contributed by atoms with Gasteiger partial charge >= 0.3 is 0 Å². The minimum atomic E-state index is -0.228. The first-order valence-electron chi connectivity index (χ1n) is 8.58. The smallest absolute Gasteiger partial charge is 0.264 e. The molecule has 4 rings (SSSR count). The molecule has 0 radical (unpaired) electrons. The van der Waals surface area contributed by atoms with Crippen molar-refractivity contribution in [2.24, 2.45) is 4.99 Å². The largest absolute Gasteiger partial charge is 0.362 e. The summed E-state index contributed by atoms with van der Waals surface area (Å²) in [7, 11) is 3.85. The molecule has 1 aliphatic heterocycles. The third-order valence-electron chi connectivity index (χ3n) is 4.16. The third-order valence-corrected chi connectivity index (χ3v) is 5.68. The van der Waals surface area contributed by atoms with Gasteiger partial charge in [0.2, 0.25) is 0 Å². The number of hydrogen-bond acceptors (Lipinski definition) is 6. The number of aromatic nitrogens is 2. The molecule has 0 bridgehead atoms. The molecule has 6 nitrogen and oxygen atoms in total. The van der Waals surface area contributed by atoms with Gasteiger partial charge in [-0.2, -0.15) is 0 Å². The quantitative estimate of drug-likeness (QED) is 0.583. The first-order chi connectivity index (χ1) is 13.9. The van der Waals surface area contributed by atoms with E-state index in [4.69, 9.17) is 23.2 Å². The number of para-hydroxylation sites is 1. The number of hydrogen-bond donors (Lipinski definition) is 1. The number of nitrogens with zero attached hydrogens (tertiary/aromatic N) is 4. The zero-order chi connectivity index (χ0) is 20.5. The van der Waals surface area contributed by atoms with Gasteiger partial charge in [-0.15, -0.1) is 0 Å². The van der Waals surface area contributed by atoms with Crippen LogP contribution in [0.15, 0.2) is 52.6 Å². The summed E-state index contributed by atoms with van der Waals surface area (Å²) < 4.78 is 0. The summed E-state index contributed by atoms with van der Waals surface area (Å²) in [4.78, 5) is 27.9. The van der Waals surface area contributed by atoms with Crippen LogP contribution in [0.25, 0.3) is 17.0 Å². The summed E-state index contributed by atoms with van der Waals surface area (Å²) in [5.41, 5.74) is 2.13. The number of thioether (sulfide) groups is 1. The van der Waals surface area contributed by atoms with E-state index in [0.717, 1.165) is 22.3 Å². The average molecular weight is 444 g/mol. The number of carbonyl (C=O) groups is 1. The monoisotopic (exact) mass is 443 g/mol. The van der Waals surface area contributed by atoms with Crippen LogP contribution in [0.2, 0.25) is 10.0 Å². The molecular weight excluding hydrogens is 429 g/mol. The molecule has 9 heteroatoms. The molecule has 1 fully saturated rings. The fourth-order valence-corrected chi connectivity index (χ4v) is 4.15. The maximum absolute atomic E-state index is 12.4. The second-order valence-corrected chi connectivity index (χ2v) is 8.27. The SMILES string of the molecule is CN(C)c1ncnc2ccc(/C=C3\S/C(=N\c4c(Cl)cccc4Cl)NC3=O)cc12. The molecule has 0 saturated carbocycles. The summed E-state index contributed by atoms with van der Waals surface area (Å²) in [6.45, 7) is 0. The Hall–Kier alpha value is -2.61. The number of aliphatic imine (C=N–C) groups is 1. The van der Waals surface area contributed by atoms with E-state index in [1.165, 1.54) is 11.8 Å². The van der Waals surface area contributed by atoms with Crippen LogP contribution >= 0.6 is 35.0 Å². The van der Waals surface area contributed by atoms with Crippen LogP contribution < -0.4 is 10.2 Å². The molecule has 0 unspecified atom stereocenters. The lowest BCUT2D eigenvalue weighted by atomic mass is 10.1. The van der Waals surface area contributed by atoms with Gasteiger partial charge < -0.3 is 10.2 Å². The van der Waals surface area contributed by atoms with E-state index in [0.29, 0.717) is 25.8 Å². The highest BCUT2D eigenvalue weighted by Gasteiger charge is 2.24. The standard InChI is InChI=1S/C20H15Cl2N5OS/c1-27(2)18-12-8-11(6-7-15(12)23-10-24-18)9-16-19(28)26-20(29-16)25-17-13(21)4-3-5-14(17)22/h3-10H,1-2H3,(H,25,26,28)/b16-9-. The topological polar surface area (TPSA) is 70.5 Å². The Labute approximate surface area is 181 Å². The van der Waals surface area contributed by atoms with E-state index in [1.54, 1.807) is 24.5 Å². The maximum Gasteiger partial charge on any atom is 0.264 e. The molecule has 3 aromatic rings. The van der Waals surface area contributed by atoms with Crippen molar-refractivity contribution in [1.29, 1.82) is 0 Å². The van der Waals surface area contributed by atoms with Crippen LogP contribution in [0, 0.1) is 0 Å². The molecular formula is C20H15Cl2N5OS. The number of nitrogens with one attached hydrogen (secondary N) is 1. The first kappa shape index (κ1) is 19.7. The van der Waals surface area contributed by atoms with Gasteiger partial charge in [0, 0.05) is 19.5 Å². The average Bonchev–Trinajstić information content (AvgIpc) is 3.03. The second-order valence-electron chi connectivity index (χ2n) is 6.42. The summed E-state index contributed by atoms with van der Waals surface area (Å²) in [6, 6.07) is 10.9. The Kier molecular flexibility index (Phi) is 5.45. The number of anilines is 1. The Bertz CT molecular complexity index is 1170. The van der Waals surface area contributed by atoms with Crippen molar-refractivity contribution in [2.45, 2.75) is 0 Å². The highest BCUT2D eigenvalue weighted by atomic mass is 35.5. The van der Waals surface area contributed by atoms with Gasteiger partial charge in [-0.25, -0.2) is 15.0 Å². The molecule has 1 saturated heterocycles. The minimum Gasteiger partial charge on any atom is -0.362 e. The molecule has 0 aliphatic carbocycles. The van der Waals surface area contributed by atoms with Crippen molar-refractivity contribution < 1.29 is 4.79 Å². The molecule has 2 heterocycles. The first-order valence-corrected chi connectivity index (χ1v) is 10.2. The van der Waals surface area contributed by atoms with Gasteiger partial charge in [0.05, 0.1) is 20.5 Å². The van der Waals surface area contributed by atoms with Gasteiger partial charge in [-0.1, -0.05) is 35.3 Å². The van der Waals surface area contributed by atoms with Crippen molar-refractivity contribution >= 4 is 74.5 Å². The van der Waals surface area contributed by atoms with E-state index in [1.807, 2.05) is 43.3 Å². The van der Waals surface area contributed by atoms with Crippen LogP contribution in [0.4, 0.5) is 11.5 Å². The number of rotatable bonds is 3. The minimum absolute atomic E-state index is 0.228. The van der Waals surface area contributed by atoms with Gasteiger partial charge in [-0.05, 0) is 47.7 Å². The predicted molar refractivity (Wildman–Crippen MR) is 121 cm³/mol. The molecule has 2 aromatic carbocycles. The Morgan fingerprint density at radius 1 is 1.14 bits per heavy atom. The molecule has 1 aliphatic rings. The molecule has 146 valence electrons. The molecule has 0 atom stereocenters. The lowest BCUT2D eigenvalue weighted by Crippen LogP contribution is -2.19. The molecule has 29 heavy (non-hydrogen) atoms. The summed E-state index contributed by atoms with van der Waals surface area (Å²) in [6.07, 6.45) is 3.35. The molecule has 0 spiro atoms. The fourth-order valence-electron chi connectivity index (χ4n) is 2.84. The zero-order valence-corrected chi connectivity index (χ0v) is 17.8. The Morgan fingerprint density at radius 2 is 1.90 bits per heavy atom. The number of carbonyl (C=O) groups excluding carboxylic acids is 1. The van der Waals surface area contributed by atoms with E-state index < -0.39 is 0 Å². The van der Waals surface area contributed by atoms with Crippen LogP contribution in [-0.4, -0.2) is 35.1 Å². The number of halogens is 2. The highest BCUT2D eigenvalue weighted by Crippen LogP contribution is 2.36. The van der Waals surface area contributed by atoms with Gasteiger partial charge in [0.25, 0.3) is 5.91 Å². The van der Waals surface area contributed by atoms with Gasteiger partial charge in [0.15, 0.2) is 5.17 Å². The maximum atomic E-state index is 12.4. The zero-order valence-electron chi connectivity index (χ0n) is 15.5. The number of benzene rings is 2. The highest BCUT2D eigenvalue weighted by molar-refractivity contribution is 8.18. The summed E-state index contributed by atoms with van der Waals surface area (Å²) in [5, 5.41) is 4.92. The lowest BCUT2D eigenvalue weighted by Gasteiger charge is -2.13.